The summed E-state index contributed by atoms with van der Waals surface area (Å²) in [6.07, 6.45) is 3.27. The van der Waals surface area contributed by atoms with Gasteiger partial charge in [0, 0.05) is 0 Å². The van der Waals surface area contributed by atoms with Crippen molar-refractivity contribution >= 4 is 29.0 Å². The molecule has 0 atom stereocenters. The maximum atomic E-state index is 12.0. The standard InChI is InChI=1S/C14H10O5Se/c15-12-8-4-7-11(13(12)16)14(17)20(18,19)9-10-5-2-1-3-6-10/h1-8H,9H2. The van der Waals surface area contributed by atoms with Gasteiger partial charge >= 0.3 is 116 Å². The molecular formula is C14H10O5Se. The quantitative estimate of drug-likeness (QED) is 0.351. The van der Waals surface area contributed by atoms with E-state index in [-0.39, 0.29) is 0 Å². The number of rotatable bonds is 4. The van der Waals surface area contributed by atoms with Gasteiger partial charge in [0.2, 0.25) is 0 Å². The van der Waals surface area contributed by atoms with Crippen molar-refractivity contribution < 1.29 is 22.1 Å². The minimum absolute atomic E-state index is 0.432. The van der Waals surface area contributed by atoms with E-state index >= 15 is 0 Å². The van der Waals surface area contributed by atoms with E-state index in [0.29, 0.717) is 5.56 Å². The topological polar surface area (TPSA) is 85.3 Å². The molecule has 0 radical (unpaired) electrons. The predicted molar refractivity (Wildman–Crippen MR) is 69.5 cm³/mol. The fraction of sp³-hybridized carbons (Fsp3) is 0.0714. The van der Waals surface area contributed by atoms with Crippen LogP contribution in [0.15, 0.2) is 54.1 Å². The Balaban J connectivity index is 2.29. The average molecular weight is 337 g/mol. The summed E-state index contributed by atoms with van der Waals surface area (Å²) in [5, 5.41) is -0.432. The Morgan fingerprint density at radius 2 is 1.70 bits per heavy atom. The second kappa shape index (κ2) is 5.44. The molecule has 0 unspecified atom stereocenters. The molecule has 20 heavy (non-hydrogen) atoms. The van der Waals surface area contributed by atoms with Gasteiger partial charge in [-0.3, -0.25) is 0 Å². The van der Waals surface area contributed by atoms with Crippen molar-refractivity contribution in [3.63, 3.8) is 0 Å². The van der Waals surface area contributed by atoms with Gasteiger partial charge < -0.3 is 0 Å². The van der Waals surface area contributed by atoms with E-state index < -0.39 is 39.8 Å². The molecule has 5 nitrogen and oxygen atoms in total. The summed E-state index contributed by atoms with van der Waals surface area (Å²) in [6, 6.07) is 8.20. The van der Waals surface area contributed by atoms with Crippen molar-refractivity contribution in [2.75, 3.05) is 0 Å². The first-order chi connectivity index (χ1) is 9.42. The van der Waals surface area contributed by atoms with Crippen LogP contribution in [-0.4, -0.2) is 29.0 Å². The van der Waals surface area contributed by atoms with Crippen molar-refractivity contribution in [2.45, 2.75) is 5.32 Å². The molecule has 0 aromatic heterocycles. The molecule has 102 valence electrons. The molecule has 0 fully saturated rings. The van der Waals surface area contributed by atoms with Gasteiger partial charge in [-0.05, 0) is 0 Å². The Kier molecular flexibility index (Phi) is 3.88. The van der Waals surface area contributed by atoms with Crippen LogP contribution in [0.3, 0.4) is 0 Å². The van der Waals surface area contributed by atoms with Crippen molar-refractivity contribution in [3.8, 4) is 0 Å². The fourth-order valence-corrected chi connectivity index (χ4v) is 4.34. The third kappa shape index (κ3) is 2.87. The Morgan fingerprint density at radius 1 is 1.05 bits per heavy atom. The van der Waals surface area contributed by atoms with Crippen LogP contribution in [0.2, 0.25) is 0 Å². The molecule has 0 N–H and O–H groups in total. The molecule has 1 aliphatic carbocycles. The molecule has 0 bridgehead atoms. The number of carbonyl (C=O) groups is 3. The first-order valence-electron chi connectivity index (χ1n) is 5.70. The molecule has 0 saturated heterocycles. The Labute approximate surface area is 116 Å². The first-order valence-corrected chi connectivity index (χ1v) is 9.16. The minimum atomic E-state index is -5.02. The molecule has 0 aliphatic heterocycles. The summed E-state index contributed by atoms with van der Waals surface area (Å²) >= 11 is -5.02. The molecule has 0 spiro atoms. The molecule has 2 rings (SSSR count). The number of ketones is 2. The Hall–Kier alpha value is -2.17. The summed E-state index contributed by atoms with van der Waals surface area (Å²) in [4.78, 5) is 34.7. The molecular weight excluding hydrogens is 327 g/mol. The van der Waals surface area contributed by atoms with Crippen molar-refractivity contribution in [3.05, 3.63) is 59.7 Å². The second-order valence-corrected chi connectivity index (χ2v) is 8.13. The zero-order chi connectivity index (χ0) is 14.8. The molecule has 1 aliphatic rings. The van der Waals surface area contributed by atoms with Gasteiger partial charge in [0.05, 0.1) is 0 Å². The van der Waals surface area contributed by atoms with E-state index in [2.05, 4.69) is 0 Å². The fourth-order valence-electron chi connectivity index (χ4n) is 1.70. The first kappa shape index (κ1) is 14.2. The summed E-state index contributed by atoms with van der Waals surface area (Å²) in [5.74, 6) is -1.96. The van der Waals surface area contributed by atoms with E-state index in [1.165, 1.54) is 6.08 Å². The number of Topliss-reactive ketones (excluding diaryl/α,β-unsaturated/α-hetero) is 1. The van der Waals surface area contributed by atoms with Crippen LogP contribution in [0.5, 0.6) is 0 Å². The van der Waals surface area contributed by atoms with Crippen LogP contribution in [-0.2, 0) is 27.4 Å². The van der Waals surface area contributed by atoms with Crippen LogP contribution in [0.4, 0.5) is 0 Å². The van der Waals surface area contributed by atoms with Gasteiger partial charge in [0.25, 0.3) is 0 Å². The van der Waals surface area contributed by atoms with Gasteiger partial charge in [-0.25, -0.2) is 0 Å². The number of hydrogen-bond acceptors (Lipinski definition) is 5. The van der Waals surface area contributed by atoms with Crippen LogP contribution in [0, 0.1) is 0 Å². The number of hydrogen-bond donors (Lipinski definition) is 0. The van der Waals surface area contributed by atoms with E-state index in [4.69, 9.17) is 0 Å². The summed E-state index contributed by atoms with van der Waals surface area (Å²) in [7, 11) is 0. The van der Waals surface area contributed by atoms with E-state index in [0.717, 1.165) is 12.2 Å². The zero-order valence-electron chi connectivity index (χ0n) is 10.3. The average Bonchev–Trinajstić information content (AvgIpc) is 2.42. The second-order valence-electron chi connectivity index (χ2n) is 4.16. The third-order valence-corrected chi connectivity index (χ3v) is 5.82. The predicted octanol–water partition coefficient (Wildman–Crippen LogP) is 0.814. The summed E-state index contributed by atoms with van der Waals surface area (Å²) in [5.41, 5.74) is -0.102. The Morgan fingerprint density at radius 3 is 2.35 bits per heavy atom. The van der Waals surface area contributed by atoms with Crippen LogP contribution in [0.25, 0.3) is 0 Å². The number of allylic oxidation sites excluding steroid dienone is 4. The molecule has 0 heterocycles. The van der Waals surface area contributed by atoms with Crippen LogP contribution < -0.4 is 0 Å². The van der Waals surface area contributed by atoms with Crippen molar-refractivity contribution in [2.24, 2.45) is 0 Å². The molecule has 6 heteroatoms. The summed E-state index contributed by atoms with van der Waals surface area (Å²) < 4.78 is 22.8. The molecule has 0 saturated carbocycles. The van der Waals surface area contributed by atoms with E-state index in [1.54, 1.807) is 30.3 Å². The monoisotopic (exact) mass is 338 g/mol. The SMILES string of the molecule is O=C1C=CC=C(C(=O)[Se](=O)(=O)Cc2ccccc2)C1=O. The van der Waals surface area contributed by atoms with Crippen molar-refractivity contribution in [1.29, 1.82) is 0 Å². The number of carbonyl (C=O) groups excluding carboxylic acids is 3. The summed E-state index contributed by atoms with van der Waals surface area (Å²) in [6.45, 7) is 0. The van der Waals surface area contributed by atoms with Gasteiger partial charge in [-0.1, -0.05) is 0 Å². The van der Waals surface area contributed by atoms with E-state index in [9.17, 15) is 22.1 Å². The van der Waals surface area contributed by atoms with Gasteiger partial charge in [0.1, 0.15) is 0 Å². The van der Waals surface area contributed by atoms with Gasteiger partial charge in [-0.15, -0.1) is 0 Å². The van der Waals surface area contributed by atoms with E-state index in [1.807, 2.05) is 0 Å². The zero-order valence-corrected chi connectivity index (χ0v) is 12.0. The Bertz CT molecular complexity index is 739. The van der Waals surface area contributed by atoms with Crippen LogP contribution in [0.1, 0.15) is 5.56 Å². The molecule has 0 amide bonds. The molecule has 1 aromatic carbocycles. The third-order valence-electron chi connectivity index (χ3n) is 2.68. The van der Waals surface area contributed by atoms with Crippen LogP contribution >= 0.6 is 0 Å². The van der Waals surface area contributed by atoms with Crippen molar-refractivity contribution in [1.82, 2.24) is 0 Å². The number of benzene rings is 1. The normalized spacial score (nSPS) is 15.1. The van der Waals surface area contributed by atoms with Gasteiger partial charge in [0.15, 0.2) is 0 Å². The maximum absolute atomic E-state index is 12.0. The van der Waals surface area contributed by atoms with Gasteiger partial charge in [-0.2, -0.15) is 0 Å². The molecule has 1 aromatic rings.